The molecule has 7 heterocycles. The van der Waals surface area contributed by atoms with Gasteiger partial charge in [-0.15, -0.1) is 0 Å². The summed E-state index contributed by atoms with van der Waals surface area (Å²) in [6, 6.07) is 0. The molecule has 6 aromatic rings. The molecule has 0 aromatic carbocycles. The van der Waals surface area contributed by atoms with E-state index in [1.54, 1.807) is 75.1 Å². The Morgan fingerprint density at radius 1 is 0.306 bits per heavy atom. The molecule has 0 bridgehead atoms. The largest absolute Gasteiger partial charge is 0.283 e. The van der Waals surface area contributed by atoms with Gasteiger partial charge in [0.2, 0.25) is 0 Å². The van der Waals surface area contributed by atoms with Crippen molar-refractivity contribution < 1.29 is 0 Å². The van der Waals surface area contributed by atoms with Gasteiger partial charge >= 0.3 is 0 Å². The third-order valence-electron chi connectivity index (χ3n) is 5.52. The Balaban J connectivity index is 1.77. The molecule has 0 fully saturated rings. The van der Waals surface area contributed by atoms with Crippen molar-refractivity contribution in [3.05, 3.63) is 112 Å². The molecular formula is C18H18N15P3. The molecule has 1 aliphatic rings. The Hall–Kier alpha value is -4.05. The average Bonchev–Trinajstić information content (AvgIpc) is 3.80. The van der Waals surface area contributed by atoms with Crippen LogP contribution in [0.1, 0.15) is 0 Å². The number of rotatable bonds is 6. The van der Waals surface area contributed by atoms with E-state index in [4.69, 9.17) is 13.5 Å². The van der Waals surface area contributed by atoms with E-state index in [1.165, 1.54) is 0 Å². The van der Waals surface area contributed by atoms with Gasteiger partial charge in [-0.25, -0.2) is 29.9 Å². The predicted molar refractivity (Wildman–Crippen MR) is 134 cm³/mol. The monoisotopic (exact) mass is 537 g/mol. The second-order valence-corrected chi connectivity index (χ2v) is 15.7. The van der Waals surface area contributed by atoms with Gasteiger partial charge in [-0.1, -0.05) is 0 Å². The van der Waals surface area contributed by atoms with Crippen molar-refractivity contribution in [2.24, 2.45) is 13.5 Å². The third kappa shape index (κ3) is 2.97. The maximum Gasteiger partial charge on any atom is 0.283 e. The Labute approximate surface area is 204 Å². The molecular weight excluding hydrogens is 519 g/mol. The van der Waals surface area contributed by atoms with Crippen molar-refractivity contribution >= 4 is 22.5 Å². The number of aromatic nitrogens is 12. The standard InChI is InChI=1S/C18H18N15P3/c1-7-28(13-19-1)34(29-8-2-20-14-29)25-35(30-9-3-21-15-30,31-10-4-22-16-31)27-36(26-34,32-11-5-23-17-32)33-12-6-24-18-33/h1-18H. The summed E-state index contributed by atoms with van der Waals surface area (Å²) in [6.07, 6.45) is 32.0. The van der Waals surface area contributed by atoms with Crippen LogP contribution >= 0.6 is 22.5 Å². The molecule has 0 radical (unpaired) electrons. The maximum absolute atomic E-state index is 5.57. The average molecular weight is 537 g/mol. The number of nitrogens with zero attached hydrogens (tertiary/aromatic N) is 15. The van der Waals surface area contributed by atoms with Crippen LogP contribution < -0.4 is 0 Å². The predicted octanol–water partition coefficient (Wildman–Crippen LogP) is 4.31. The molecule has 15 nitrogen and oxygen atoms in total. The smallest absolute Gasteiger partial charge is 0.268 e. The lowest BCUT2D eigenvalue weighted by molar-refractivity contribution is 1.02. The van der Waals surface area contributed by atoms with Crippen LogP contribution in [0.15, 0.2) is 126 Å². The van der Waals surface area contributed by atoms with E-state index >= 15 is 0 Å². The molecule has 0 aliphatic carbocycles. The summed E-state index contributed by atoms with van der Waals surface area (Å²) >= 11 is 0. The van der Waals surface area contributed by atoms with E-state index in [-0.39, 0.29) is 0 Å². The van der Waals surface area contributed by atoms with Gasteiger partial charge in [0.05, 0.1) is 0 Å². The molecule has 0 saturated heterocycles. The van der Waals surface area contributed by atoms with Gasteiger partial charge in [0.15, 0.2) is 0 Å². The summed E-state index contributed by atoms with van der Waals surface area (Å²) in [5.74, 6) is 0. The molecule has 18 heteroatoms. The molecule has 6 aromatic heterocycles. The van der Waals surface area contributed by atoms with Crippen LogP contribution in [0.25, 0.3) is 0 Å². The fourth-order valence-corrected chi connectivity index (χ4v) is 16.9. The first-order chi connectivity index (χ1) is 17.8. The van der Waals surface area contributed by atoms with E-state index in [2.05, 4.69) is 29.9 Å². The highest BCUT2D eigenvalue weighted by Crippen LogP contribution is 2.79. The molecule has 0 amide bonds. The molecule has 0 saturated carbocycles. The highest BCUT2D eigenvalue weighted by atomic mass is 31.3. The van der Waals surface area contributed by atoms with Crippen LogP contribution in [-0.2, 0) is 0 Å². The van der Waals surface area contributed by atoms with Crippen molar-refractivity contribution in [2.75, 3.05) is 0 Å². The number of hydrogen-bond donors (Lipinski definition) is 0. The highest BCUT2D eigenvalue weighted by Gasteiger charge is 2.43. The van der Waals surface area contributed by atoms with Gasteiger partial charge in [0.1, 0.15) is 38.0 Å². The number of imidazole rings is 6. The topological polar surface area (TPSA) is 144 Å². The summed E-state index contributed by atoms with van der Waals surface area (Å²) in [7, 11) is -9.11. The third-order valence-corrected chi connectivity index (χ3v) is 16.4. The van der Waals surface area contributed by atoms with Gasteiger partial charge in [-0.05, 0) is 0 Å². The van der Waals surface area contributed by atoms with Crippen LogP contribution in [0, 0.1) is 0 Å². The maximum atomic E-state index is 5.57. The summed E-state index contributed by atoms with van der Waals surface area (Å²) < 4.78 is 28.4. The second kappa shape index (κ2) is 7.99. The molecule has 0 atom stereocenters. The van der Waals surface area contributed by atoms with Gasteiger partial charge in [-0.2, -0.15) is 13.5 Å². The van der Waals surface area contributed by atoms with Gasteiger partial charge in [0, 0.05) is 74.4 Å². The Bertz CT molecular complexity index is 1400. The SMILES string of the molecule is c1cn(P2(n3ccnc3)=NP(n3ccnc3)(n3ccnc3)=NP(n3ccnc3)(n3ccnc3)=N2)cn1. The van der Waals surface area contributed by atoms with Crippen molar-refractivity contribution in [3.8, 4) is 0 Å². The Morgan fingerprint density at radius 3 is 0.639 bits per heavy atom. The van der Waals surface area contributed by atoms with Crippen molar-refractivity contribution in [2.45, 2.75) is 0 Å². The van der Waals surface area contributed by atoms with Gasteiger partial charge < -0.3 is 0 Å². The quantitative estimate of drug-likeness (QED) is 0.290. The van der Waals surface area contributed by atoms with Crippen LogP contribution in [0.3, 0.4) is 0 Å². The first-order valence-electron chi connectivity index (χ1n) is 10.6. The first kappa shape index (κ1) is 21.3. The van der Waals surface area contributed by atoms with Crippen LogP contribution in [-0.4, -0.2) is 55.9 Å². The normalized spacial score (nSPS) is 17.7. The lowest BCUT2D eigenvalue weighted by atomic mass is 11.0. The lowest BCUT2D eigenvalue weighted by Gasteiger charge is -2.37. The van der Waals surface area contributed by atoms with Crippen molar-refractivity contribution in [1.29, 1.82) is 0 Å². The van der Waals surface area contributed by atoms with Crippen molar-refractivity contribution in [1.82, 2.24) is 55.9 Å². The minimum Gasteiger partial charge on any atom is -0.268 e. The second-order valence-electron chi connectivity index (χ2n) is 7.53. The van der Waals surface area contributed by atoms with Gasteiger partial charge in [0.25, 0.3) is 22.5 Å². The zero-order valence-corrected chi connectivity index (χ0v) is 21.1. The molecule has 0 N–H and O–H groups in total. The van der Waals surface area contributed by atoms with E-state index in [1.807, 2.05) is 63.2 Å². The zero-order chi connectivity index (χ0) is 24.1. The number of hydrogen-bond acceptors (Lipinski definition) is 9. The van der Waals surface area contributed by atoms with E-state index in [9.17, 15) is 0 Å². The molecule has 1 aliphatic heterocycles. The van der Waals surface area contributed by atoms with Crippen molar-refractivity contribution in [3.63, 3.8) is 0 Å². The summed E-state index contributed by atoms with van der Waals surface area (Å²) in [4.78, 5) is 26.1. The van der Waals surface area contributed by atoms with E-state index in [0.29, 0.717) is 0 Å². The molecule has 7 rings (SSSR count). The van der Waals surface area contributed by atoms with E-state index < -0.39 is 22.5 Å². The van der Waals surface area contributed by atoms with Crippen LogP contribution in [0.5, 0.6) is 0 Å². The molecule has 0 unspecified atom stereocenters. The van der Waals surface area contributed by atoms with Crippen LogP contribution in [0.2, 0.25) is 0 Å². The molecule has 36 heavy (non-hydrogen) atoms. The fraction of sp³-hybridized carbons (Fsp3) is 0. The Kier molecular flexibility index (Phi) is 4.72. The zero-order valence-electron chi connectivity index (χ0n) is 18.4. The minimum absolute atomic E-state index is 1.72. The van der Waals surface area contributed by atoms with Gasteiger partial charge in [-0.3, -0.25) is 26.0 Å². The molecule has 0 spiro atoms. The highest BCUT2D eigenvalue weighted by molar-refractivity contribution is 7.84. The fourth-order valence-electron chi connectivity index (χ4n) is 3.91. The summed E-state index contributed by atoms with van der Waals surface area (Å²) in [5, 5.41) is 0. The first-order valence-corrected chi connectivity index (χ1v) is 15.4. The summed E-state index contributed by atoms with van der Waals surface area (Å²) in [5.41, 5.74) is 0. The van der Waals surface area contributed by atoms with E-state index in [0.717, 1.165) is 0 Å². The Morgan fingerprint density at radius 2 is 0.500 bits per heavy atom. The summed E-state index contributed by atoms with van der Waals surface area (Å²) in [6.45, 7) is 0. The van der Waals surface area contributed by atoms with Crippen LogP contribution in [0.4, 0.5) is 0 Å². The minimum atomic E-state index is -3.04. The molecule has 180 valence electrons. The lowest BCUT2D eigenvalue weighted by Crippen LogP contribution is -2.13.